The molecule has 0 spiro atoms. The molecule has 0 bridgehead atoms. The third kappa shape index (κ3) is 9.52. The van der Waals surface area contributed by atoms with Gasteiger partial charge in [-0.05, 0) is 73.7 Å². The molecule has 2 aliphatic rings. The number of pyridine rings is 3. The molecule has 2 saturated heterocycles. The number of hydrogen-bond donors (Lipinski definition) is 1. The summed E-state index contributed by atoms with van der Waals surface area (Å²) in [6.07, 6.45) is 15.7. The van der Waals surface area contributed by atoms with Gasteiger partial charge < -0.3 is 33.1 Å². The smallest absolute Gasteiger partial charge is 0.328 e. The largest absolute Gasteiger partial charge is 0.496 e. The van der Waals surface area contributed by atoms with Crippen molar-refractivity contribution in [1.29, 1.82) is 0 Å². The van der Waals surface area contributed by atoms with Gasteiger partial charge in [-0.15, -0.1) is 0 Å². The number of nitrogens with one attached hydrogen (secondary N) is 1. The van der Waals surface area contributed by atoms with E-state index in [-0.39, 0.29) is 29.9 Å². The Kier molecular flexibility index (Phi) is 13.4. The number of rotatable bonds is 16. The Morgan fingerprint density at radius 1 is 0.724 bits per heavy atom. The first kappa shape index (κ1) is 40.9. The molecule has 2 fully saturated rings. The Balaban J connectivity index is 0.888. The Hall–Kier alpha value is -5.31. The van der Waals surface area contributed by atoms with Crippen LogP contribution in [-0.2, 0) is 30.8 Å². The summed E-state index contributed by atoms with van der Waals surface area (Å²) in [6, 6.07) is 10.8. The number of unbranched alkanes of at least 4 members (excludes halogenated alkanes) is 1. The molecular formula is C44H55N7O7. The number of fused-ring (bicyclic) bond motifs is 1. The van der Waals surface area contributed by atoms with Crippen LogP contribution in [0.1, 0.15) is 56.6 Å². The van der Waals surface area contributed by atoms with Crippen LogP contribution in [0.25, 0.3) is 21.9 Å². The van der Waals surface area contributed by atoms with Crippen molar-refractivity contribution in [3.63, 3.8) is 0 Å². The maximum Gasteiger partial charge on any atom is 0.328 e. The lowest BCUT2D eigenvalue weighted by atomic mass is 9.97. The Bertz CT molecular complexity index is 2420. The number of benzene rings is 1. The van der Waals surface area contributed by atoms with Gasteiger partial charge in [0.25, 0.3) is 16.7 Å². The molecule has 0 radical (unpaired) electrons. The normalized spacial score (nSPS) is 15.9. The van der Waals surface area contributed by atoms with Crippen LogP contribution in [0, 0.1) is 0 Å². The van der Waals surface area contributed by atoms with E-state index >= 15 is 0 Å². The van der Waals surface area contributed by atoms with Crippen molar-refractivity contribution in [1.82, 2.24) is 33.5 Å². The highest BCUT2D eigenvalue weighted by Gasteiger charge is 2.26. The molecular weight excluding hydrogens is 739 g/mol. The minimum atomic E-state index is -0.535. The molecule has 0 saturated carbocycles. The molecule has 7 rings (SSSR count). The van der Waals surface area contributed by atoms with Crippen LogP contribution in [0.4, 0.5) is 0 Å². The lowest BCUT2D eigenvalue weighted by Gasteiger charge is -2.37. The number of hydrogen-bond acceptors (Lipinski definition) is 10. The number of aromatic nitrogens is 5. The molecule has 0 aliphatic carbocycles. The van der Waals surface area contributed by atoms with Crippen LogP contribution in [0.5, 0.6) is 11.5 Å². The number of piperidine rings is 2. The summed E-state index contributed by atoms with van der Waals surface area (Å²) in [7, 11) is 3.39. The van der Waals surface area contributed by atoms with Gasteiger partial charge in [-0.1, -0.05) is 19.4 Å². The van der Waals surface area contributed by atoms with Crippen molar-refractivity contribution >= 4 is 10.8 Å². The molecule has 6 heterocycles. The number of nitrogens with zero attached hydrogens (tertiary/aromatic N) is 6. The van der Waals surface area contributed by atoms with Gasteiger partial charge in [-0.25, -0.2) is 4.79 Å². The SMILES string of the molecule is CCCCn1cc(-c2cc(OC)c(CCN3CCC(OC4CCN(CCn5cccc(Cn6ccc(=O)[nH]c6=O)c5=O)CC4)CC3)cc2OC)c2ccncc2c1=O. The predicted molar refractivity (Wildman–Crippen MR) is 224 cm³/mol. The Morgan fingerprint density at radius 2 is 1.45 bits per heavy atom. The van der Waals surface area contributed by atoms with Crippen LogP contribution < -0.4 is 31.8 Å². The summed E-state index contributed by atoms with van der Waals surface area (Å²) in [5, 5.41) is 1.44. The average molecular weight is 794 g/mol. The number of methoxy groups -OCH3 is 2. The molecule has 1 aromatic carbocycles. The van der Waals surface area contributed by atoms with E-state index in [2.05, 4.69) is 32.8 Å². The number of H-pyrrole nitrogens is 1. The van der Waals surface area contributed by atoms with E-state index in [1.807, 2.05) is 24.4 Å². The van der Waals surface area contributed by atoms with Crippen molar-refractivity contribution in [2.45, 2.75) is 83.7 Å². The number of aryl methyl sites for hydroxylation is 1. The Morgan fingerprint density at radius 3 is 2.14 bits per heavy atom. The quantitative estimate of drug-likeness (QED) is 0.155. The molecule has 5 aromatic rings. The highest BCUT2D eigenvalue weighted by atomic mass is 16.5. The van der Waals surface area contributed by atoms with E-state index in [0.717, 1.165) is 118 Å². The predicted octanol–water partition coefficient (Wildman–Crippen LogP) is 4.13. The monoisotopic (exact) mass is 793 g/mol. The second-order valence-electron chi connectivity index (χ2n) is 15.4. The van der Waals surface area contributed by atoms with Crippen molar-refractivity contribution in [3.8, 4) is 22.6 Å². The molecule has 0 unspecified atom stereocenters. The average Bonchev–Trinajstić information content (AvgIpc) is 3.24. The molecule has 308 valence electrons. The summed E-state index contributed by atoms with van der Waals surface area (Å²) < 4.78 is 23.4. The van der Waals surface area contributed by atoms with Crippen LogP contribution in [0.2, 0.25) is 0 Å². The number of likely N-dealkylation sites (tertiary alicyclic amines) is 2. The maximum atomic E-state index is 13.3. The fourth-order valence-corrected chi connectivity index (χ4v) is 8.29. The van der Waals surface area contributed by atoms with Crippen molar-refractivity contribution in [3.05, 3.63) is 120 Å². The number of aromatic amines is 1. The summed E-state index contributed by atoms with van der Waals surface area (Å²) >= 11 is 0. The van der Waals surface area contributed by atoms with Gasteiger partial charge in [-0.2, -0.15) is 0 Å². The second-order valence-corrected chi connectivity index (χ2v) is 15.4. The Labute approximate surface area is 337 Å². The highest BCUT2D eigenvalue weighted by molar-refractivity contribution is 5.97. The third-order valence-electron chi connectivity index (χ3n) is 11.7. The fourth-order valence-electron chi connectivity index (χ4n) is 8.29. The lowest BCUT2D eigenvalue weighted by Crippen LogP contribution is -2.43. The van der Waals surface area contributed by atoms with E-state index in [9.17, 15) is 19.2 Å². The first-order valence-electron chi connectivity index (χ1n) is 20.5. The van der Waals surface area contributed by atoms with Gasteiger partial charge in [-0.3, -0.25) is 28.9 Å². The molecule has 14 heteroatoms. The van der Waals surface area contributed by atoms with Gasteiger partial charge in [0.1, 0.15) is 11.5 Å². The zero-order valence-electron chi connectivity index (χ0n) is 33.9. The third-order valence-corrected chi connectivity index (χ3v) is 11.7. The van der Waals surface area contributed by atoms with Crippen LogP contribution in [0.15, 0.2) is 86.6 Å². The van der Waals surface area contributed by atoms with Crippen LogP contribution in [0.3, 0.4) is 0 Å². The summed E-state index contributed by atoms with van der Waals surface area (Å²) in [5.74, 6) is 1.55. The number of ether oxygens (including phenoxy) is 3. The molecule has 1 N–H and O–H groups in total. The van der Waals surface area contributed by atoms with Crippen molar-refractivity contribution < 1.29 is 14.2 Å². The van der Waals surface area contributed by atoms with Gasteiger partial charge in [0.2, 0.25) is 0 Å². The minimum Gasteiger partial charge on any atom is -0.496 e. The van der Waals surface area contributed by atoms with Gasteiger partial charge in [0.15, 0.2) is 0 Å². The summed E-state index contributed by atoms with van der Waals surface area (Å²) in [4.78, 5) is 61.3. The van der Waals surface area contributed by atoms with Gasteiger partial charge >= 0.3 is 5.69 Å². The van der Waals surface area contributed by atoms with E-state index < -0.39 is 11.2 Å². The van der Waals surface area contributed by atoms with Crippen molar-refractivity contribution in [2.75, 3.05) is 53.5 Å². The zero-order chi connectivity index (χ0) is 40.6. The van der Waals surface area contributed by atoms with Crippen LogP contribution in [-0.4, -0.2) is 99.2 Å². The lowest BCUT2D eigenvalue weighted by molar-refractivity contribution is -0.0649. The fraction of sp³-hybridized carbons (Fsp3) is 0.477. The highest BCUT2D eigenvalue weighted by Crippen LogP contribution is 2.39. The van der Waals surface area contributed by atoms with Gasteiger partial charge in [0, 0.05) is 106 Å². The van der Waals surface area contributed by atoms with E-state index in [1.165, 1.54) is 16.8 Å². The maximum absolute atomic E-state index is 13.3. The van der Waals surface area contributed by atoms with Crippen LogP contribution >= 0.6 is 0 Å². The van der Waals surface area contributed by atoms with Crippen molar-refractivity contribution in [2.24, 2.45) is 0 Å². The first-order valence-corrected chi connectivity index (χ1v) is 20.5. The standard InChI is InChI=1S/C44H55N7O7/c1-4-5-16-50-30-38(35-8-15-45-28-37(35)43(50)54)36-27-39(56-2)31(26-40(36)57-3)9-18-47-19-10-33(11-20-47)58-34-12-21-48(22-13-34)24-25-49-17-6-7-32(42(49)53)29-51-23-14-41(52)46-44(51)55/h6-8,14-15,17,23,26-28,30,33-34H,4-5,9-13,16,18-22,24-25,29H2,1-3H3,(H,46,52,55). The van der Waals surface area contributed by atoms with E-state index in [4.69, 9.17) is 14.2 Å². The molecule has 0 atom stereocenters. The zero-order valence-corrected chi connectivity index (χ0v) is 33.9. The summed E-state index contributed by atoms with van der Waals surface area (Å²) in [6.45, 7) is 8.88. The van der Waals surface area contributed by atoms with E-state index in [1.54, 1.807) is 48.0 Å². The second kappa shape index (κ2) is 19.0. The molecule has 2 aliphatic heterocycles. The molecule has 14 nitrogen and oxygen atoms in total. The molecule has 0 amide bonds. The molecule has 4 aromatic heterocycles. The summed E-state index contributed by atoms with van der Waals surface area (Å²) in [5.41, 5.74) is 2.22. The van der Waals surface area contributed by atoms with Gasteiger partial charge in [0.05, 0.1) is 38.4 Å². The first-order chi connectivity index (χ1) is 28.2. The van der Waals surface area contributed by atoms with E-state index in [0.29, 0.717) is 24.0 Å². The minimum absolute atomic E-state index is 0.0311. The topological polar surface area (TPSA) is 146 Å². The molecule has 58 heavy (non-hydrogen) atoms.